The molecule has 1 aliphatic heterocycles. The van der Waals surface area contributed by atoms with Crippen LogP contribution in [0.2, 0.25) is 6.82 Å². The van der Waals surface area contributed by atoms with Crippen LogP contribution in [-0.2, 0) is 11.3 Å². The van der Waals surface area contributed by atoms with E-state index < -0.39 is 7.05 Å². The molecule has 5 heteroatoms. The van der Waals surface area contributed by atoms with Gasteiger partial charge in [-0.3, -0.25) is 0 Å². The molecule has 0 atom stereocenters. The zero-order chi connectivity index (χ0) is 10.8. The first-order chi connectivity index (χ1) is 7.18. The Morgan fingerprint density at radius 1 is 1.53 bits per heavy atom. The average molecular weight is 206 g/mol. The van der Waals surface area contributed by atoms with Crippen molar-refractivity contribution in [1.82, 2.24) is 4.98 Å². The van der Waals surface area contributed by atoms with Crippen LogP contribution in [-0.4, -0.2) is 30.2 Å². The maximum Gasteiger partial charge on any atom is 0.410 e. The molecule has 0 saturated carbocycles. The molecule has 1 aromatic rings. The summed E-state index contributed by atoms with van der Waals surface area (Å²) < 4.78 is 5.45. The molecule has 1 aliphatic rings. The first-order valence-electron chi connectivity index (χ1n) is 5.17. The van der Waals surface area contributed by atoms with Crippen molar-refractivity contribution in [3.05, 3.63) is 23.4 Å². The number of aromatic nitrogens is 1. The first kappa shape index (κ1) is 10.5. The van der Waals surface area contributed by atoms with Crippen molar-refractivity contribution in [1.29, 1.82) is 0 Å². The maximum atomic E-state index is 9.67. The number of rotatable bonds is 1. The Kier molecular flexibility index (Phi) is 2.93. The highest BCUT2D eigenvalue weighted by Gasteiger charge is 2.23. The lowest BCUT2D eigenvalue weighted by Crippen LogP contribution is -2.39. The van der Waals surface area contributed by atoms with Gasteiger partial charge in [-0.25, -0.2) is 4.98 Å². The van der Waals surface area contributed by atoms with E-state index >= 15 is 0 Å². The van der Waals surface area contributed by atoms with Gasteiger partial charge in [0.05, 0.1) is 13.2 Å². The monoisotopic (exact) mass is 206 g/mol. The van der Waals surface area contributed by atoms with Crippen LogP contribution in [0, 0.1) is 6.92 Å². The fourth-order valence-corrected chi connectivity index (χ4v) is 1.75. The van der Waals surface area contributed by atoms with Gasteiger partial charge in [0, 0.05) is 17.8 Å². The Balaban J connectivity index is 2.42. The van der Waals surface area contributed by atoms with Gasteiger partial charge >= 0.3 is 7.05 Å². The van der Waals surface area contributed by atoms with E-state index in [0.29, 0.717) is 19.8 Å². The molecule has 4 nitrogen and oxygen atoms in total. The summed E-state index contributed by atoms with van der Waals surface area (Å²) in [5, 5.41) is 9.67. The lowest BCUT2D eigenvalue weighted by molar-refractivity contribution is 0.133. The molecule has 0 aliphatic carbocycles. The second-order valence-corrected chi connectivity index (χ2v) is 3.81. The number of hydrogen-bond donors (Lipinski definition) is 1. The van der Waals surface area contributed by atoms with Crippen molar-refractivity contribution >= 4 is 12.9 Å². The molecule has 2 heterocycles. The van der Waals surface area contributed by atoms with E-state index in [4.69, 9.17) is 4.74 Å². The summed E-state index contributed by atoms with van der Waals surface area (Å²) in [4.78, 5) is 6.33. The van der Waals surface area contributed by atoms with Crippen LogP contribution >= 0.6 is 0 Å². The normalized spacial score (nSPS) is 15.8. The molecular formula is C10H15BN2O2. The van der Waals surface area contributed by atoms with Crippen LogP contribution < -0.4 is 4.81 Å². The standard InChI is InChI=1S/C10H15BN2O2/c1-8-3-4-9-7-15-6-5-13(11(2)14)10(9)12-8/h3-4,14H,5-7H2,1-2H3. The fraction of sp³-hybridized carbons (Fsp3) is 0.500. The first-order valence-corrected chi connectivity index (χ1v) is 5.17. The summed E-state index contributed by atoms with van der Waals surface area (Å²) in [6, 6.07) is 3.98. The number of ether oxygens (including phenoxy) is 1. The molecule has 80 valence electrons. The highest BCUT2D eigenvalue weighted by Crippen LogP contribution is 2.22. The molecule has 0 bridgehead atoms. The minimum absolute atomic E-state index is 0.528. The van der Waals surface area contributed by atoms with E-state index in [1.807, 2.05) is 23.9 Å². The largest absolute Gasteiger partial charge is 0.432 e. The Morgan fingerprint density at radius 3 is 3.07 bits per heavy atom. The number of pyridine rings is 1. The van der Waals surface area contributed by atoms with Gasteiger partial charge in [-0.1, -0.05) is 6.07 Å². The van der Waals surface area contributed by atoms with Crippen molar-refractivity contribution in [2.24, 2.45) is 0 Å². The number of nitrogens with zero attached hydrogens (tertiary/aromatic N) is 2. The van der Waals surface area contributed by atoms with Crippen molar-refractivity contribution in [3.63, 3.8) is 0 Å². The van der Waals surface area contributed by atoms with E-state index in [-0.39, 0.29) is 0 Å². The molecule has 1 N–H and O–H groups in total. The lowest BCUT2D eigenvalue weighted by Gasteiger charge is -2.23. The van der Waals surface area contributed by atoms with Gasteiger partial charge in [0.1, 0.15) is 5.82 Å². The summed E-state index contributed by atoms with van der Waals surface area (Å²) >= 11 is 0. The molecule has 0 aromatic carbocycles. The number of hydrogen-bond acceptors (Lipinski definition) is 4. The molecule has 0 spiro atoms. The molecule has 0 saturated heterocycles. The summed E-state index contributed by atoms with van der Waals surface area (Å²) in [5.74, 6) is 0.850. The number of fused-ring (bicyclic) bond motifs is 1. The zero-order valence-corrected chi connectivity index (χ0v) is 9.10. The summed E-state index contributed by atoms with van der Waals surface area (Å²) in [7, 11) is -0.528. The Labute approximate surface area is 90.0 Å². The summed E-state index contributed by atoms with van der Waals surface area (Å²) in [6.45, 7) is 5.58. The van der Waals surface area contributed by atoms with Gasteiger partial charge in [0.2, 0.25) is 0 Å². The van der Waals surface area contributed by atoms with E-state index in [0.717, 1.165) is 17.1 Å². The van der Waals surface area contributed by atoms with Crippen LogP contribution in [0.25, 0.3) is 0 Å². The van der Waals surface area contributed by atoms with E-state index in [1.54, 1.807) is 6.82 Å². The van der Waals surface area contributed by atoms with Crippen LogP contribution in [0.3, 0.4) is 0 Å². The Hall–Kier alpha value is -1.07. The third-order valence-corrected chi connectivity index (χ3v) is 2.55. The second-order valence-electron chi connectivity index (χ2n) is 3.81. The minimum atomic E-state index is -0.528. The second kappa shape index (κ2) is 4.20. The van der Waals surface area contributed by atoms with E-state index in [2.05, 4.69) is 4.98 Å². The predicted octanol–water partition coefficient (Wildman–Crippen LogP) is 0.837. The number of aryl methyl sites for hydroxylation is 1. The van der Waals surface area contributed by atoms with Gasteiger partial charge in [0.15, 0.2) is 0 Å². The Bertz CT molecular complexity index is 357. The SMILES string of the molecule is CB(O)N1CCOCc2ccc(C)nc21. The highest BCUT2D eigenvalue weighted by molar-refractivity contribution is 6.53. The molecule has 2 rings (SSSR count). The van der Waals surface area contributed by atoms with Gasteiger partial charge < -0.3 is 14.6 Å². The molecule has 0 fully saturated rings. The van der Waals surface area contributed by atoms with Crippen LogP contribution in [0.1, 0.15) is 11.3 Å². The molecule has 0 amide bonds. The Morgan fingerprint density at radius 2 is 2.33 bits per heavy atom. The van der Waals surface area contributed by atoms with Gasteiger partial charge in [0.25, 0.3) is 0 Å². The summed E-state index contributed by atoms with van der Waals surface area (Å²) in [5.41, 5.74) is 2.00. The maximum absolute atomic E-state index is 9.67. The topological polar surface area (TPSA) is 45.6 Å². The van der Waals surface area contributed by atoms with Crippen molar-refractivity contribution < 1.29 is 9.76 Å². The van der Waals surface area contributed by atoms with Crippen LogP contribution in [0.5, 0.6) is 0 Å². The molecular weight excluding hydrogens is 191 g/mol. The van der Waals surface area contributed by atoms with Crippen molar-refractivity contribution in [2.45, 2.75) is 20.4 Å². The van der Waals surface area contributed by atoms with Gasteiger partial charge in [-0.15, -0.1) is 0 Å². The van der Waals surface area contributed by atoms with Gasteiger partial charge in [-0.2, -0.15) is 0 Å². The van der Waals surface area contributed by atoms with E-state index in [1.165, 1.54) is 0 Å². The third kappa shape index (κ3) is 2.13. The van der Waals surface area contributed by atoms with E-state index in [9.17, 15) is 5.02 Å². The highest BCUT2D eigenvalue weighted by atomic mass is 16.5. The molecule has 0 unspecified atom stereocenters. The van der Waals surface area contributed by atoms with Gasteiger partial charge in [-0.05, 0) is 19.8 Å². The minimum Gasteiger partial charge on any atom is -0.432 e. The summed E-state index contributed by atoms with van der Waals surface area (Å²) in [6.07, 6.45) is 0. The quantitative estimate of drug-likeness (QED) is 0.691. The van der Waals surface area contributed by atoms with Crippen molar-refractivity contribution in [2.75, 3.05) is 18.0 Å². The number of anilines is 1. The van der Waals surface area contributed by atoms with Crippen LogP contribution in [0.4, 0.5) is 5.82 Å². The predicted molar refractivity (Wildman–Crippen MR) is 59.8 cm³/mol. The average Bonchev–Trinajstić information content (AvgIpc) is 2.39. The smallest absolute Gasteiger partial charge is 0.410 e. The molecule has 0 radical (unpaired) electrons. The molecule has 15 heavy (non-hydrogen) atoms. The van der Waals surface area contributed by atoms with Crippen LogP contribution in [0.15, 0.2) is 12.1 Å². The molecule has 1 aromatic heterocycles. The van der Waals surface area contributed by atoms with Crippen molar-refractivity contribution in [3.8, 4) is 0 Å². The fourth-order valence-electron chi connectivity index (χ4n) is 1.75. The zero-order valence-electron chi connectivity index (χ0n) is 9.10. The lowest BCUT2D eigenvalue weighted by atomic mass is 9.84. The third-order valence-electron chi connectivity index (χ3n) is 2.55.